The number of carboxylic acid groups (broad SMARTS) is 1. The van der Waals surface area contributed by atoms with E-state index in [0.717, 1.165) is 0 Å². The van der Waals surface area contributed by atoms with Gasteiger partial charge in [-0.05, 0) is 40.5 Å². The molecule has 0 aliphatic heterocycles. The van der Waals surface area contributed by atoms with Crippen molar-refractivity contribution in [3.8, 4) is 18.2 Å². The van der Waals surface area contributed by atoms with E-state index in [4.69, 9.17) is 16.9 Å². The van der Waals surface area contributed by atoms with Gasteiger partial charge in [0.1, 0.15) is 0 Å². The molecule has 0 saturated heterocycles. The highest BCUT2D eigenvalue weighted by Gasteiger charge is 2.13. The second-order valence-electron chi connectivity index (χ2n) is 4.51. The Morgan fingerprint density at radius 1 is 1.57 bits per heavy atom. The maximum atomic E-state index is 11.2. The molecule has 1 heterocycles. The summed E-state index contributed by atoms with van der Waals surface area (Å²) in [5.41, 5.74) is 7.25. The Labute approximate surface area is 141 Å². The van der Waals surface area contributed by atoms with Crippen molar-refractivity contribution in [3.05, 3.63) is 33.9 Å². The molecule has 0 saturated carbocycles. The van der Waals surface area contributed by atoms with Crippen LogP contribution < -0.4 is 15.8 Å². The summed E-state index contributed by atoms with van der Waals surface area (Å²) in [6, 6.07) is 3.07. The number of nitrogen functional groups attached to an aromatic ring is 1. The molecule has 0 spiro atoms. The predicted octanol–water partition coefficient (Wildman–Crippen LogP) is 2.58. The number of aromatic carboxylic acids is 1. The summed E-state index contributed by atoms with van der Waals surface area (Å²) in [5.74, 6) is 1.78. The molecule has 0 aliphatic carbocycles. The molecule has 0 unspecified atom stereocenters. The van der Waals surface area contributed by atoms with Gasteiger partial charge in [-0.1, -0.05) is 5.92 Å². The molecule has 0 atom stereocenters. The topological polar surface area (TPSA) is 110 Å². The lowest BCUT2D eigenvalue weighted by atomic mass is 10.1. The van der Waals surface area contributed by atoms with Crippen LogP contribution in [0, 0.1) is 19.3 Å². The molecular formula is C15H13BrN4O3. The molecule has 0 radical (unpaired) electrons. The van der Waals surface area contributed by atoms with Gasteiger partial charge < -0.3 is 20.9 Å². The Morgan fingerprint density at radius 2 is 2.30 bits per heavy atom. The highest BCUT2D eigenvalue weighted by molar-refractivity contribution is 9.10. The van der Waals surface area contributed by atoms with Gasteiger partial charge in [0.15, 0.2) is 6.61 Å². The fourth-order valence-electron chi connectivity index (χ4n) is 1.78. The van der Waals surface area contributed by atoms with Gasteiger partial charge in [-0.25, -0.2) is 9.78 Å². The Balaban J connectivity index is 2.32. The van der Waals surface area contributed by atoms with Crippen molar-refractivity contribution in [3.63, 3.8) is 0 Å². The van der Waals surface area contributed by atoms with Crippen molar-refractivity contribution in [1.29, 1.82) is 0 Å². The van der Waals surface area contributed by atoms with E-state index in [-0.39, 0.29) is 24.0 Å². The molecule has 0 amide bonds. The van der Waals surface area contributed by atoms with Gasteiger partial charge >= 0.3 is 5.97 Å². The molecule has 1 aromatic carbocycles. The first-order valence-corrected chi connectivity index (χ1v) is 7.21. The second-order valence-corrected chi connectivity index (χ2v) is 5.36. The summed E-state index contributed by atoms with van der Waals surface area (Å²) >= 11 is 3.25. The second kappa shape index (κ2) is 6.98. The molecule has 4 N–H and O–H groups in total. The van der Waals surface area contributed by atoms with Crippen LogP contribution in [0.4, 0.5) is 17.3 Å². The monoisotopic (exact) mass is 376 g/mol. The number of nitrogens with one attached hydrogen (secondary N) is 1. The first kappa shape index (κ1) is 16.6. The number of carbonyl (C=O) groups is 1. The first-order chi connectivity index (χ1) is 10.9. The Bertz CT molecular complexity index is 802. The van der Waals surface area contributed by atoms with E-state index < -0.39 is 5.97 Å². The number of anilines is 3. The average molecular weight is 377 g/mol. The minimum atomic E-state index is -1.06. The number of carboxylic acids is 1. The van der Waals surface area contributed by atoms with Crippen LogP contribution in [0.2, 0.25) is 0 Å². The van der Waals surface area contributed by atoms with Gasteiger partial charge in [0, 0.05) is 11.4 Å². The minimum Gasteiger partial charge on any atom is -0.478 e. The number of benzene rings is 1. The summed E-state index contributed by atoms with van der Waals surface area (Å²) in [4.78, 5) is 19.5. The third-order valence-electron chi connectivity index (χ3n) is 2.94. The maximum absolute atomic E-state index is 11.2. The molecule has 118 valence electrons. The Kier molecular flexibility index (Phi) is 5.03. The van der Waals surface area contributed by atoms with Crippen molar-refractivity contribution in [2.75, 3.05) is 17.7 Å². The number of hydrogen-bond donors (Lipinski definition) is 3. The van der Waals surface area contributed by atoms with Crippen LogP contribution in [-0.4, -0.2) is 27.7 Å². The third kappa shape index (κ3) is 3.90. The maximum Gasteiger partial charge on any atom is 0.336 e. The van der Waals surface area contributed by atoms with Crippen molar-refractivity contribution in [1.82, 2.24) is 9.97 Å². The molecule has 8 heteroatoms. The molecule has 1 aromatic heterocycles. The lowest BCUT2D eigenvalue weighted by Crippen LogP contribution is -2.06. The lowest BCUT2D eigenvalue weighted by molar-refractivity contribution is 0.0696. The van der Waals surface area contributed by atoms with Gasteiger partial charge in [-0.3, -0.25) is 0 Å². The predicted molar refractivity (Wildman–Crippen MR) is 89.9 cm³/mol. The van der Waals surface area contributed by atoms with Crippen molar-refractivity contribution in [2.24, 2.45) is 0 Å². The zero-order valence-electron chi connectivity index (χ0n) is 12.1. The summed E-state index contributed by atoms with van der Waals surface area (Å²) in [7, 11) is 0. The fourth-order valence-corrected chi connectivity index (χ4v) is 2.09. The van der Waals surface area contributed by atoms with Crippen molar-refractivity contribution in [2.45, 2.75) is 6.92 Å². The number of hydrogen-bond acceptors (Lipinski definition) is 6. The summed E-state index contributed by atoms with van der Waals surface area (Å²) in [6.45, 7) is 1.71. The van der Waals surface area contributed by atoms with Gasteiger partial charge in [0.2, 0.25) is 11.8 Å². The first-order valence-electron chi connectivity index (χ1n) is 6.41. The van der Waals surface area contributed by atoms with Crippen LogP contribution in [0.1, 0.15) is 15.9 Å². The van der Waals surface area contributed by atoms with Crippen LogP contribution in [-0.2, 0) is 0 Å². The Hall–Kier alpha value is -2.79. The highest BCUT2D eigenvalue weighted by Crippen LogP contribution is 2.27. The zero-order valence-corrected chi connectivity index (χ0v) is 13.7. The van der Waals surface area contributed by atoms with Gasteiger partial charge in [-0.15, -0.1) is 6.42 Å². The molecule has 0 aliphatic rings. The highest BCUT2D eigenvalue weighted by atomic mass is 79.9. The molecular weight excluding hydrogens is 364 g/mol. The molecule has 23 heavy (non-hydrogen) atoms. The quantitative estimate of drug-likeness (QED) is 0.543. The lowest BCUT2D eigenvalue weighted by Gasteiger charge is -2.11. The summed E-state index contributed by atoms with van der Waals surface area (Å²) in [6.07, 6.45) is 6.64. The van der Waals surface area contributed by atoms with E-state index in [2.05, 4.69) is 37.1 Å². The summed E-state index contributed by atoms with van der Waals surface area (Å²) < 4.78 is 5.83. The molecule has 2 rings (SSSR count). The fraction of sp³-hybridized carbons (Fsp3) is 0.133. The van der Waals surface area contributed by atoms with Gasteiger partial charge in [0.25, 0.3) is 0 Å². The van der Waals surface area contributed by atoms with Gasteiger partial charge in [0.05, 0.1) is 16.2 Å². The SMILES string of the molecule is C#CCOc1nc(Nc2cc(N)c(C)c(C(=O)O)c2)ncc1Br. The van der Waals surface area contributed by atoms with Crippen LogP contribution in [0.3, 0.4) is 0 Å². The smallest absolute Gasteiger partial charge is 0.336 e. The molecule has 7 nitrogen and oxygen atoms in total. The molecule has 2 aromatic rings. The molecule has 0 fully saturated rings. The largest absolute Gasteiger partial charge is 0.478 e. The Morgan fingerprint density at radius 3 is 2.96 bits per heavy atom. The van der Waals surface area contributed by atoms with E-state index in [0.29, 0.717) is 21.4 Å². The van der Waals surface area contributed by atoms with Crippen LogP contribution in [0.5, 0.6) is 5.88 Å². The number of rotatable bonds is 5. The van der Waals surface area contributed by atoms with E-state index >= 15 is 0 Å². The van der Waals surface area contributed by atoms with E-state index in [1.54, 1.807) is 13.0 Å². The van der Waals surface area contributed by atoms with E-state index in [1.165, 1.54) is 12.3 Å². The van der Waals surface area contributed by atoms with Crippen molar-refractivity contribution >= 4 is 39.2 Å². The van der Waals surface area contributed by atoms with Crippen LogP contribution >= 0.6 is 15.9 Å². The number of halogens is 1. The number of aromatic nitrogens is 2. The van der Waals surface area contributed by atoms with Crippen molar-refractivity contribution < 1.29 is 14.6 Å². The van der Waals surface area contributed by atoms with Gasteiger partial charge in [-0.2, -0.15) is 4.98 Å². The van der Waals surface area contributed by atoms with E-state index in [9.17, 15) is 9.90 Å². The standard InChI is InChI=1S/C15H13BrN4O3/c1-3-4-23-13-11(16)7-18-15(20-13)19-9-5-10(14(21)22)8(2)12(17)6-9/h1,5-7H,4,17H2,2H3,(H,21,22)(H,18,19,20). The average Bonchev–Trinajstić information content (AvgIpc) is 2.51. The third-order valence-corrected chi connectivity index (χ3v) is 3.48. The number of ether oxygens (including phenoxy) is 1. The number of nitrogens with two attached hydrogens (primary N) is 1. The van der Waals surface area contributed by atoms with E-state index in [1.807, 2.05) is 0 Å². The normalized spacial score (nSPS) is 9.96. The van der Waals surface area contributed by atoms with Crippen LogP contribution in [0.25, 0.3) is 0 Å². The number of nitrogens with zero attached hydrogens (tertiary/aromatic N) is 2. The number of terminal acetylenes is 1. The van der Waals surface area contributed by atoms with Crippen LogP contribution in [0.15, 0.2) is 22.8 Å². The minimum absolute atomic E-state index is 0.0652. The summed E-state index contributed by atoms with van der Waals surface area (Å²) in [5, 5.41) is 12.1. The molecule has 0 bridgehead atoms. The zero-order chi connectivity index (χ0) is 17.0.